The van der Waals surface area contributed by atoms with Crippen LogP contribution in [-0.4, -0.2) is 58.4 Å². The standard InChI is InChI=1S/C17H24N4O3/c1-20-10-13(8-15(20)22)17(23)21-6-2-3-11(9-21)7-14-18-16(19-24-14)12-4-5-12/h11-13H,2-10H2,1H3/t11-,13+/m1/s1. The molecule has 0 radical (unpaired) electrons. The Morgan fingerprint density at radius 2 is 2.12 bits per heavy atom. The minimum absolute atomic E-state index is 0.0698. The molecule has 1 saturated carbocycles. The predicted molar refractivity (Wildman–Crippen MR) is 85.0 cm³/mol. The molecule has 7 nitrogen and oxygen atoms in total. The first kappa shape index (κ1) is 15.6. The highest BCUT2D eigenvalue weighted by atomic mass is 16.5. The first-order valence-corrected chi connectivity index (χ1v) is 8.95. The fourth-order valence-electron chi connectivity index (χ4n) is 3.82. The molecule has 3 fully saturated rings. The van der Waals surface area contributed by atoms with Crippen molar-refractivity contribution in [1.82, 2.24) is 19.9 Å². The number of nitrogens with zero attached hydrogens (tertiary/aromatic N) is 4. The second-order valence-electron chi connectivity index (χ2n) is 7.49. The number of carbonyl (C=O) groups excluding carboxylic acids is 2. The third-order valence-electron chi connectivity index (χ3n) is 5.41. The molecule has 2 aliphatic heterocycles. The van der Waals surface area contributed by atoms with Gasteiger partial charge in [-0.3, -0.25) is 9.59 Å². The maximum absolute atomic E-state index is 12.7. The second kappa shape index (κ2) is 6.18. The van der Waals surface area contributed by atoms with E-state index in [9.17, 15) is 9.59 Å². The number of aromatic nitrogens is 2. The van der Waals surface area contributed by atoms with Gasteiger partial charge in [0.15, 0.2) is 5.82 Å². The summed E-state index contributed by atoms with van der Waals surface area (Å²) in [5.74, 6) is 2.44. The SMILES string of the molecule is CN1C[C@@H](C(=O)N2CCC[C@H](Cc3nc(C4CC4)no3)C2)CC1=O. The smallest absolute Gasteiger partial charge is 0.228 e. The number of rotatable bonds is 4. The average Bonchev–Trinajstić information content (AvgIpc) is 3.24. The van der Waals surface area contributed by atoms with Crippen molar-refractivity contribution in [3.63, 3.8) is 0 Å². The molecule has 2 saturated heterocycles. The minimum atomic E-state index is -0.175. The highest BCUT2D eigenvalue weighted by Gasteiger charge is 2.36. The molecule has 3 heterocycles. The van der Waals surface area contributed by atoms with Crippen molar-refractivity contribution in [2.75, 3.05) is 26.7 Å². The quantitative estimate of drug-likeness (QED) is 0.828. The summed E-state index contributed by atoms with van der Waals surface area (Å²) in [6.07, 6.45) is 5.50. The van der Waals surface area contributed by atoms with Crippen molar-refractivity contribution in [3.8, 4) is 0 Å². The van der Waals surface area contributed by atoms with Gasteiger partial charge < -0.3 is 14.3 Å². The third kappa shape index (κ3) is 3.16. The first-order chi connectivity index (χ1) is 11.6. The number of hydrogen-bond acceptors (Lipinski definition) is 5. The van der Waals surface area contributed by atoms with E-state index in [0.717, 1.165) is 38.2 Å². The number of piperidine rings is 1. The minimum Gasteiger partial charge on any atom is -0.345 e. The Labute approximate surface area is 141 Å². The van der Waals surface area contributed by atoms with E-state index in [1.807, 2.05) is 4.90 Å². The van der Waals surface area contributed by atoms with Gasteiger partial charge in [-0.1, -0.05) is 5.16 Å². The molecule has 130 valence electrons. The lowest BCUT2D eigenvalue weighted by Gasteiger charge is -2.33. The van der Waals surface area contributed by atoms with Gasteiger partial charge in [-0.05, 0) is 31.6 Å². The van der Waals surface area contributed by atoms with Crippen molar-refractivity contribution in [2.45, 2.75) is 44.4 Å². The van der Waals surface area contributed by atoms with Crippen LogP contribution in [-0.2, 0) is 16.0 Å². The van der Waals surface area contributed by atoms with Crippen LogP contribution < -0.4 is 0 Å². The molecule has 7 heteroatoms. The normalized spacial score (nSPS) is 27.8. The first-order valence-electron chi connectivity index (χ1n) is 8.95. The van der Waals surface area contributed by atoms with Gasteiger partial charge in [-0.2, -0.15) is 4.98 Å². The largest absolute Gasteiger partial charge is 0.345 e. The molecule has 0 aromatic carbocycles. The van der Waals surface area contributed by atoms with E-state index >= 15 is 0 Å². The molecule has 4 rings (SSSR count). The van der Waals surface area contributed by atoms with E-state index in [2.05, 4.69) is 10.1 Å². The fraction of sp³-hybridized carbons (Fsp3) is 0.765. The summed E-state index contributed by atoms with van der Waals surface area (Å²) in [5.41, 5.74) is 0. The molecule has 0 N–H and O–H groups in total. The monoisotopic (exact) mass is 332 g/mol. The molecular formula is C17H24N4O3. The summed E-state index contributed by atoms with van der Waals surface area (Å²) < 4.78 is 5.38. The van der Waals surface area contributed by atoms with Crippen LogP contribution in [0.1, 0.15) is 49.7 Å². The molecule has 0 spiro atoms. The highest BCUT2D eigenvalue weighted by molar-refractivity contribution is 5.89. The number of hydrogen-bond donors (Lipinski definition) is 0. The van der Waals surface area contributed by atoms with Crippen LogP contribution in [0.3, 0.4) is 0 Å². The number of likely N-dealkylation sites (tertiary alicyclic amines) is 2. The molecule has 2 amide bonds. The zero-order valence-corrected chi connectivity index (χ0v) is 14.1. The van der Waals surface area contributed by atoms with Gasteiger partial charge in [0.05, 0.1) is 5.92 Å². The zero-order valence-electron chi connectivity index (χ0n) is 14.1. The molecule has 0 unspecified atom stereocenters. The van der Waals surface area contributed by atoms with E-state index in [-0.39, 0.29) is 17.7 Å². The van der Waals surface area contributed by atoms with Crippen molar-refractivity contribution < 1.29 is 14.1 Å². The fourth-order valence-corrected chi connectivity index (χ4v) is 3.82. The van der Waals surface area contributed by atoms with Crippen molar-refractivity contribution >= 4 is 11.8 Å². The van der Waals surface area contributed by atoms with Gasteiger partial charge >= 0.3 is 0 Å². The third-order valence-corrected chi connectivity index (χ3v) is 5.41. The van der Waals surface area contributed by atoms with Crippen molar-refractivity contribution in [1.29, 1.82) is 0 Å². The molecule has 1 aromatic rings. The van der Waals surface area contributed by atoms with Crippen LogP contribution in [0.15, 0.2) is 4.52 Å². The lowest BCUT2D eigenvalue weighted by atomic mass is 9.93. The lowest BCUT2D eigenvalue weighted by molar-refractivity contribution is -0.137. The molecule has 24 heavy (non-hydrogen) atoms. The molecule has 3 aliphatic rings. The van der Waals surface area contributed by atoms with Crippen molar-refractivity contribution in [3.05, 3.63) is 11.7 Å². The summed E-state index contributed by atoms with van der Waals surface area (Å²) in [6.45, 7) is 2.07. The molecular weight excluding hydrogens is 308 g/mol. The van der Waals surface area contributed by atoms with E-state index in [4.69, 9.17) is 4.52 Å². The van der Waals surface area contributed by atoms with Crippen LogP contribution in [0.5, 0.6) is 0 Å². The van der Waals surface area contributed by atoms with Gasteiger partial charge in [-0.25, -0.2) is 0 Å². The summed E-state index contributed by atoms with van der Waals surface area (Å²) in [5, 5.41) is 4.07. The lowest BCUT2D eigenvalue weighted by Crippen LogP contribution is -2.44. The zero-order chi connectivity index (χ0) is 16.7. The Morgan fingerprint density at radius 3 is 2.83 bits per heavy atom. The van der Waals surface area contributed by atoms with Crippen LogP contribution >= 0.6 is 0 Å². The van der Waals surface area contributed by atoms with Crippen LogP contribution in [0.4, 0.5) is 0 Å². The van der Waals surface area contributed by atoms with Crippen LogP contribution in [0.25, 0.3) is 0 Å². The molecule has 0 bridgehead atoms. The number of carbonyl (C=O) groups is 2. The maximum atomic E-state index is 12.7. The van der Waals surface area contributed by atoms with E-state index in [0.29, 0.717) is 30.7 Å². The van der Waals surface area contributed by atoms with Gasteiger partial charge in [0.1, 0.15) is 0 Å². The Balaban J connectivity index is 1.34. The van der Waals surface area contributed by atoms with Crippen LogP contribution in [0, 0.1) is 11.8 Å². The molecule has 2 atom stereocenters. The van der Waals surface area contributed by atoms with Gasteiger partial charge in [0.25, 0.3) is 0 Å². The summed E-state index contributed by atoms with van der Waals surface area (Å²) >= 11 is 0. The average molecular weight is 332 g/mol. The van der Waals surface area contributed by atoms with E-state index in [1.165, 1.54) is 12.8 Å². The Morgan fingerprint density at radius 1 is 1.29 bits per heavy atom. The molecule has 1 aromatic heterocycles. The second-order valence-corrected chi connectivity index (χ2v) is 7.49. The van der Waals surface area contributed by atoms with Crippen molar-refractivity contribution in [2.24, 2.45) is 11.8 Å². The van der Waals surface area contributed by atoms with Crippen LogP contribution in [0.2, 0.25) is 0 Å². The van der Waals surface area contributed by atoms with E-state index in [1.54, 1.807) is 11.9 Å². The number of amides is 2. The predicted octanol–water partition coefficient (Wildman–Crippen LogP) is 1.21. The highest BCUT2D eigenvalue weighted by Crippen LogP contribution is 2.38. The maximum Gasteiger partial charge on any atom is 0.228 e. The Bertz CT molecular complexity index is 640. The Kier molecular flexibility index (Phi) is 4.02. The van der Waals surface area contributed by atoms with E-state index < -0.39 is 0 Å². The molecule has 1 aliphatic carbocycles. The summed E-state index contributed by atoms with van der Waals surface area (Å²) in [4.78, 5) is 32.4. The van der Waals surface area contributed by atoms with Gasteiger partial charge in [-0.15, -0.1) is 0 Å². The van der Waals surface area contributed by atoms with Gasteiger partial charge in [0.2, 0.25) is 17.7 Å². The topological polar surface area (TPSA) is 79.5 Å². The Hall–Kier alpha value is -1.92. The summed E-state index contributed by atoms with van der Waals surface area (Å²) in [6, 6.07) is 0. The summed E-state index contributed by atoms with van der Waals surface area (Å²) in [7, 11) is 1.77. The van der Waals surface area contributed by atoms with Gasteiger partial charge in [0, 0.05) is 45.4 Å².